The third-order valence-corrected chi connectivity index (χ3v) is 5.38. The van der Waals surface area contributed by atoms with Crippen molar-refractivity contribution in [3.8, 4) is 11.3 Å². The van der Waals surface area contributed by atoms with Gasteiger partial charge in [0.1, 0.15) is 0 Å². The summed E-state index contributed by atoms with van der Waals surface area (Å²) in [6, 6.07) is 20.2. The van der Waals surface area contributed by atoms with E-state index in [0.717, 1.165) is 19.5 Å². The maximum absolute atomic E-state index is 2.51. The van der Waals surface area contributed by atoms with Crippen molar-refractivity contribution in [3.05, 3.63) is 66.4 Å². The molecule has 25 heavy (non-hydrogen) atoms. The number of rotatable bonds is 2. The molecule has 0 spiro atoms. The number of hydrogen-bond acceptors (Lipinski definition) is 0. The Hall–Kier alpha value is -2.61. The van der Waals surface area contributed by atoms with Gasteiger partial charge in [-0.1, -0.05) is 32.0 Å². The summed E-state index contributed by atoms with van der Waals surface area (Å²) in [5.74, 6) is 0.622. The molecular weight excluding hydrogens is 304 g/mol. The molecule has 2 aromatic heterocycles. The van der Waals surface area contributed by atoms with E-state index in [2.05, 4.69) is 83.8 Å². The number of fused-ring (bicyclic) bond motifs is 6. The fourth-order valence-electron chi connectivity index (χ4n) is 4.30. The van der Waals surface area contributed by atoms with Gasteiger partial charge in [-0.3, -0.25) is 0 Å². The van der Waals surface area contributed by atoms with Gasteiger partial charge in [0.2, 0.25) is 5.69 Å². The number of hydrogen-bond donors (Lipinski definition) is 0. The first kappa shape index (κ1) is 14.7. The molecule has 4 aromatic rings. The van der Waals surface area contributed by atoms with Gasteiger partial charge in [0.15, 0.2) is 12.7 Å². The molecule has 2 heteroatoms. The quantitative estimate of drug-likeness (QED) is 0.460. The molecule has 0 saturated carbocycles. The van der Waals surface area contributed by atoms with Crippen LogP contribution >= 0.6 is 0 Å². The SMILES string of the molecule is CC(C)Cn1c2ccccc2c2cc3c(cc21)-c1cccc[n+]1CC3. The van der Waals surface area contributed by atoms with Gasteiger partial charge in [-0.15, -0.1) is 0 Å². The minimum Gasteiger partial charge on any atom is -0.340 e. The van der Waals surface area contributed by atoms with E-state index >= 15 is 0 Å². The molecule has 0 bridgehead atoms. The van der Waals surface area contributed by atoms with Crippen molar-refractivity contribution in [2.45, 2.75) is 33.4 Å². The van der Waals surface area contributed by atoms with Crippen LogP contribution in [-0.4, -0.2) is 4.57 Å². The molecule has 0 N–H and O–H groups in total. The molecule has 0 amide bonds. The van der Waals surface area contributed by atoms with Crippen molar-refractivity contribution in [2.75, 3.05) is 0 Å². The third-order valence-electron chi connectivity index (χ3n) is 5.38. The van der Waals surface area contributed by atoms with Crippen molar-refractivity contribution in [1.82, 2.24) is 4.57 Å². The number of nitrogens with zero attached hydrogens (tertiary/aromatic N) is 2. The Bertz CT molecular complexity index is 1100. The van der Waals surface area contributed by atoms with Gasteiger partial charge in [-0.2, -0.15) is 4.57 Å². The minimum absolute atomic E-state index is 0.622. The molecule has 1 aliphatic heterocycles. The molecule has 0 fully saturated rings. The van der Waals surface area contributed by atoms with Crippen molar-refractivity contribution in [3.63, 3.8) is 0 Å². The smallest absolute Gasteiger partial charge is 0.212 e. The lowest BCUT2D eigenvalue weighted by atomic mass is 9.95. The van der Waals surface area contributed by atoms with Crippen LogP contribution in [0.2, 0.25) is 0 Å². The molecule has 2 nitrogen and oxygen atoms in total. The van der Waals surface area contributed by atoms with E-state index in [-0.39, 0.29) is 0 Å². The van der Waals surface area contributed by atoms with Crippen molar-refractivity contribution >= 4 is 21.8 Å². The number of pyridine rings is 1. The lowest BCUT2D eigenvalue weighted by Gasteiger charge is -2.16. The van der Waals surface area contributed by atoms with Crippen LogP contribution in [0.15, 0.2) is 60.8 Å². The first-order valence-electron chi connectivity index (χ1n) is 9.25. The summed E-state index contributed by atoms with van der Waals surface area (Å²) in [7, 11) is 0. The van der Waals surface area contributed by atoms with Gasteiger partial charge in [-0.05, 0) is 35.7 Å². The van der Waals surface area contributed by atoms with Gasteiger partial charge in [0, 0.05) is 46.9 Å². The average Bonchev–Trinajstić information content (AvgIpc) is 2.93. The summed E-state index contributed by atoms with van der Waals surface area (Å²) in [6.45, 7) is 6.71. The summed E-state index contributed by atoms with van der Waals surface area (Å²) in [5.41, 5.74) is 6.94. The highest BCUT2D eigenvalue weighted by Gasteiger charge is 2.24. The standard InChI is InChI=1S/C23H23N2/c1-16(2)15-25-22-9-4-3-7-18(22)20-13-17-10-12-24-11-6-5-8-21(24)19(17)14-23(20)25/h3-9,11,13-14,16H,10,12,15H2,1-2H3/q+1. The Morgan fingerprint density at radius 3 is 2.68 bits per heavy atom. The molecule has 0 atom stereocenters. The molecule has 0 saturated heterocycles. The largest absolute Gasteiger partial charge is 0.340 e. The van der Waals surface area contributed by atoms with E-state index in [1.54, 1.807) is 0 Å². The van der Waals surface area contributed by atoms with Gasteiger partial charge >= 0.3 is 0 Å². The second-order valence-electron chi connectivity index (χ2n) is 7.58. The highest BCUT2D eigenvalue weighted by atomic mass is 15.0. The summed E-state index contributed by atoms with van der Waals surface area (Å²) in [6.07, 6.45) is 3.31. The number of aryl methyl sites for hydroxylation is 2. The lowest BCUT2D eigenvalue weighted by Crippen LogP contribution is -2.39. The highest BCUT2D eigenvalue weighted by Crippen LogP contribution is 2.36. The Morgan fingerprint density at radius 2 is 1.80 bits per heavy atom. The van der Waals surface area contributed by atoms with Crippen LogP contribution in [-0.2, 0) is 19.5 Å². The van der Waals surface area contributed by atoms with E-state index in [1.165, 1.54) is 38.6 Å². The molecule has 2 aromatic carbocycles. The van der Waals surface area contributed by atoms with Crippen LogP contribution in [0.3, 0.4) is 0 Å². The van der Waals surface area contributed by atoms with Crippen LogP contribution in [0.25, 0.3) is 33.1 Å². The molecule has 5 rings (SSSR count). The topological polar surface area (TPSA) is 8.81 Å². The van der Waals surface area contributed by atoms with Crippen LogP contribution in [0.4, 0.5) is 0 Å². The average molecular weight is 327 g/mol. The monoisotopic (exact) mass is 327 g/mol. The second-order valence-corrected chi connectivity index (χ2v) is 7.58. The maximum Gasteiger partial charge on any atom is 0.212 e. The third kappa shape index (κ3) is 2.21. The predicted molar refractivity (Wildman–Crippen MR) is 104 cm³/mol. The molecule has 0 radical (unpaired) electrons. The van der Waals surface area contributed by atoms with Crippen molar-refractivity contribution in [1.29, 1.82) is 0 Å². The summed E-state index contributed by atoms with van der Waals surface area (Å²) in [4.78, 5) is 0. The fraction of sp³-hybridized carbons (Fsp3) is 0.261. The van der Waals surface area contributed by atoms with E-state index < -0.39 is 0 Å². The zero-order valence-corrected chi connectivity index (χ0v) is 14.9. The zero-order chi connectivity index (χ0) is 17.0. The maximum atomic E-state index is 2.51. The van der Waals surface area contributed by atoms with Crippen molar-refractivity contribution < 1.29 is 4.57 Å². The minimum atomic E-state index is 0.622. The molecule has 0 aliphatic carbocycles. The molecule has 3 heterocycles. The van der Waals surface area contributed by atoms with Crippen molar-refractivity contribution in [2.24, 2.45) is 5.92 Å². The lowest BCUT2D eigenvalue weighted by molar-refractivity contribution is -0.687. The van der Waals surface area contributed by atoms with E-state index in [9.17, 15) is 0 Å². The Morgan fingerprint density at radius 1 is 0.960 bits per heavy atom. The Balaban J connectivity index is 1.87. The van der Waals surface area contributed by atoms with E-state index in [1.807, 2.05) is 0 Å². The zero-order valence-electron chi connectivity index (χ0n) is 14.9. The van der Waals surface area contributed by atoms with Gasteiger partial charge in [0.05, 0.1) is 5.56 Å². The Labute approximate surface area is 148 Å². The van der Waals surface area contributed by atoms with Crippen LogP contribution < -0.4 is 4.57 Å². The Kier molecular flexibility index (Phi) is 3.21. The summed E-state index contributed by atoms with van der Waals surface area (Å²) >= 11 is 0. The van der Waals surface area contributed by atoms with E-state index in [0.29, 0.717) is 5.92 Å². The first-order valence-corrected chi connectivity index (χ1v) is 9.25. The van der Waals surface area contributed by atoms with E-state index in [4.69, 9.17) is 0 Å². The fourth-order valence-corrected chi connectivity index (χ4v) is 4.30. The van der Waals surface area contributed by atoms with Crippen LogP contribution in [0.5, 0.6) is 0 Å². The van der Waals surface area contributed by atoms with Crippen LogP contribution in [0.1, 0.15) is 19.4 Å². The number of para-hydroxylation sites is 1. The van der Waals surface area contributed by atoms with Gasteiger partial charge in [0.25, 0.3) is 0 Å². The molecule has 124 valence electrons. The number of aromatic nitrogens is 2. The first-order chi connectivity index (χ1) is 12.2. The van der Waals surface area contributed by atoms with Gasteiger partial charge in [-0.25, -0.2) is 0 Å². The summed E-state index contributed by atoms with van der Waals surface area (Å²) in [5, 5.41) is 2.78. The van der Waals surface area contributed by atoms with Crippen LogP contribution in [0, 0.1) is 5.92 Å². The number of benzene rings is 2. The summed E-state index contributed by atoms with van der Waals surface area (Å²) < 4.78 is 4.89. The van der Waals surface area contributed by atoms with Gasteiger partial charge < -0.3 is 4.57 Å². The molecule has 0 unspecified atom stereocenters. The normalized spacial score (nSPS) is 13.4. The second kappa shape index (κ2) is 5.45. The molecular formula is C23H23N2+. The molecule has 1 aliphatic rings. The predicted octanol–water partition coefficient (Wildman–Crippen LogP) is 4.96. The highest BCUT2D eigenvalue weighted by molar-refractivity contribution is 6.09.